The van der Waals surface area contributed by atoms with Gasteiger partial charge in [-0.15, -0.1) is 11.3 Å². The Labute approximate surface area is 91.7 Å². The maximum atomic E-state index is 11.4. The highest BCUT2D eigenvalue weighted by molar-refractivity contribution is 7.18. The van der Waals surface area contributed by atoms with Gasteiger partial charge in [-0.25, -0.2) is 9.78 Å². The number of ether oxygens (including phenoxy) is 1. The second kappa shape index (κ2) is 3.98. The summed E-state index contributed by atoms with van der Waals surface area (Å²) in [6, 6.07) is 5.46. The smallest absolute Gasteiger partial charge is 0.338 e. The molecule has 0 unspecified atom stereocenters. The number of nitrogens with zero attached hydrogens (tertiary/aromatic N) is 1. The zero-order valence-corrected chi connectivity index (χ0v) is 9.43. The fourth-order valence-electron chi connectivity index (χ4n) is 1.38. The summed E-state index contributed by atoms with van der Waals surface area (Å²) in [6.45, 7) is 4.14. The summed E-state index contributed by atoms with van der Waals surface area (Å²) >= 11 is 1.62. The van der Waals surface area contributed by atoms with Crippen molar-refractivity contribution < 1.29 is 9.53 Å². The number of carbonyl (C=O) groups excluding carboxylic acids is 1. The van der Waals surface area contributed by atoms with E-state index >= 15 is 0 Å². The molecule has 1 heterocycles. The quantitative estimate of drug-likeness (QED) is 0.732. The Hall–Kier alpha value is -1.42. The largest absolute Gasteiger partial charge is 0.462 e. The van der Waals surface area contributed by atoms with Crippen LogP contribution in [0.3, 0.4) is 0 Å². The molecule has 2 rings (SSSR count). The van der Waals surface area contributed by atoms with Gasteiger partial charge in [0.05, 0.1) is 27.4 Å². The van der Waals surface area contributed by atoms with Crippen LogP contribution in [0.15, 0.2) is 18.2 Å². The number of hydrogen-bond acceptors (Lipinski definition) is 4. The maximum Gasteiger partial charge on any atom is 0.338 e. The number of rotatable bonds is 2. The highest BCUT2D eigenvalue weighted by Gasteiger charge is 2.08. The molecule has 0 aliphatic rings. The number of esters is 1. The molecule has 1 aromatic carbocycles. The van der Waals surface area contributed by atoms with Crippen LogP contribution >= 0.6 is 11.3 Å². The average Bonchev–Trinajstić information content (AvgIpc) is 2.57. The summed E-state index contributed by atoms with van der Waals surface area (Å²) in [5.41, 5.74) is 1.43. The van der Waals surface area contributed by atoms with Crippen LogP contribution in [0.25, 0.3) is 10.2 Å². The van der Waals surface area contributed by atoms with Gasteiger partial charge in [0.15, 0.2) is 0 Å². The third-order valence-corrected chi connectivity index (χ3v) is 2.96. The molecular weight excluding hydrogens is 210 g/mol. The van der Waals surface area contributed by atoms with Crippen molar-refractivity contribution in [1.29, 1.82) is 0 Å². The number of benzene rings is 1. The zero-order chi connectivity index (χ0) is 10.8. The molecule has 3 nitrogen and oxygen atoms in total. The predicted molar refractivity (Wildman–Crippen MR) is 60.3 cm³/mol. The summed E-state index contributed by atoms with van der Waals surface area (Å²) in [4.78, 5) is 15.8. The van der Waals surface area contributed by atoms with Gasteiger partial charge in [-0.05, 0) is 32.0 Å². The van der Waals surface area contributed by atoms with Crippen LogP contribution in [0.4, 0.5) is 0 Å². The van der Waals surface area contributed by atoms with Crippen LogP contribution in [0, 0.1) is 6.92 Å². The van der Waals surface area contributed by atoms with Gasteiger partial charge in [0.1, 0.15) is 0 Å². The van der Waals surface area contributed by atoms with Gasteiger partial charge in [-0.1, -0.05) is 0 Å². The Morgan fingerprint density at radius 2 is 2.33 bits per heavy atom. The monoisotopic (exact) mass is 221 g/mol. The fourth-order valence-corrected chi connectivity index (χ4v) is 2.19. The summed E-state index contributed by atoms with van der Waals surface area (Å²) in [5.74, 6) is -0.287. The SMILES string of the molecule is CCOC(=O)c1ccc2sc(C)nc2c1. The molecule has 4 heteroatoms. The van der Waals surface area contributed by atoms with Crippen molar-refractivity contribution in [3.05, 3.63) is 28.8 Å². The van der Waals surface area contributed by atoms with Crippen LogP contribution in [-0.4, -0.2) is 17.6 Å². The minimum absolute atomic E-state index is 0.287. The molecule has 15 heavy (non-hydrogen) atoms. The lowest BCUT2D eigenvalue weighted by atomic mass is 10.2. The molecule has 0 saturated carbocycles. The predicted octanol–water partition coefficient (Wildman–Crippen LogP) is 2.78. The van der Waals surface area contributed by atoms with Gasteiger partial charge in [0.2, 0.25) is 0 Å². The normalized spacial score (nSPS) is 10.5. The van der Waals surface area contributed by atoms with Crippen LogP contribution in [0.5, 0.6) is 0 Å². The van der Waals surface area contributed by atoms with E-state index in [1.165, 1.54) is 0 Å². The molecule has 0 atom stereocenters. The molecule has 0 amide bonds. The summed E-state index contributed by atoms with van der Waals surface area (Å²) in [5, 5.41) is 1.01. The molecule has 0 bridgehead atoms. The summed E-state index contributed by atoms with van der Waals surface area (Å²) < 4.78 is 6.02. The highest BCUT2D eigenvalue weighted by Crippen LogP contribution is 2.22. The first-order chi connectivity index (χ1) is 7.20. The molecule has 0 spiro atoms. The third-order valence-electron chi connectivity index (χ3n) is 2.01. The number of aryl methyl sites for hydroxylation is 1. The van der Waals surface area contributed by atoms with Crippen molar-refractivity contribution in [3.8, 4) is 0 Å². The first kappa shape index (κ1) is 10.1. The van der Waals surface area contributed by atoms with Crippen LogP contribution in [-0.2, 0) is 4.74 Å². The zero-order valence-electron chi connectivity index (χ0n) is 8.61. The fraction of sp³-hybridized carbons (Fsp3) is 0.273. The number of thiazole rings is 1. The Morgan fingerprint density at radius 1 is 1.53 bits per heavy atom. The number of fused-ring (bicyclic) bond motifs is 1. The van der Waals surface area contributed by atoms with Gasteiger partial charge in [-0.2, -0.15) is 0 Å². The molecule has 1 aromatic heterocycles. The van der Waals surface area contributed by atoms with Crippen molar-refractivity contribution in [2.75, 3.05) is 6.61 Å². The van der Waals surface area contributed by atoms with Crippen LogP contribution in [0.1, 0.15) is 22.3 Å². The molecule has 2 aromatic rings. The molecule has 0 radical (unpaired) electrons. The number of hydrogen-bond donors (Lipinski definition) is 0. The van der Waals surface area contributed by atoms with E-state index in [0.29, 0.717) is 12.2 Å². The Balaban J connectivity index is 2.41. The Kier molecular flexibility index (Phi) is 2.68. The van der Waals surface area contributed by atoms with Crippen molar-refractivity contribution in [1.82, 2.24) is 4.98 Å². The van der Waals surface area contributed by atoms with E-state index in [2.05, 4.69) is 4.98 Å². The summed E-state index contributed by atoms with van der Waals surface area (Å²) in [7, 11) is 0. The van der Waals surface area contributed by atoms with Crippen molar-refractivity contribution in [3.63, 3.8) is 0 Å². The molecule has 78 valence electrons. The van der Waals surface area contributed by atoms with E-state index in [9.17, 15) is 4.79 Å². The van der Waals surface area contributed by atoms with Crippen molar-refractivity contribution >= 4 is 27.5 Å². The minimum atomic E-state index is -0.287. The van der Waals surface area contributed by atoms with E-state index in [-0.39, 0.29) is 5.97 Å². The topological polar surface area (TPSA) is 39.2 Å². The van der Waals surface area contributed by atoms with Crippen LogP contribution in [0.2, 0.25) is 0 Å². The van der Waals surface area contributed by atoms with Crippen LogP contribution < -0.4 is 0 Å². The molecule has 0 aliphatic carbocycles. The van der Waals surface area contributed by atoms with Gasteiger partial charge in [0, 0.05) is 0 Å². The van der Waals surface area contributed by atoms with Crippen molar-refractivity contribution in [2.24, 2.45) is 0 Å². The number of aromatic nitrogens is 1. The van der Waals surface area contributed by atoms with Gasteiger partial charge in [-0.3, -0.25) is 0 Å². The lowest BCUT2D eigenvalue weighted by Gasteiger charge is -2.00. The van der Waals surface area contributed by atoms with E-state index in [4.69, 9.17) is 4.74 Å². The molecule has 0 N–H and O–H groups in total. The Morgan fingerprint density at radius 3 is 3.07 bits per heavy atom. The third kappa shape index (κ3) is 1.99. The summed E-state index contributed by atoms with van der Waals surface area (Å²) in [6.07, 6.45) is 0. The average molecular weight is 221 g/mol. The van der Waals surface area contributed by atoms with E-state index < -0.39 is 0 Å². The van der Waals surface area contributed by atoms with Gasteiger partial charge < -0.3 is 4.74 Å². The first-order valence-electron chi connectivity index (χ1n) is 4.75. The lowest BCUT2D eigenvalue weighted by Crippen LogP contribution is -2.03. The Bertz CT molecular complexity index is 504. The maximum absolute atomic E-state index is 11.4. The number of carbonyl (C=O) groups is 1. The van der Waals surface area contributed by atoms with Gasteiger partial charge in [0.25, 0.3) is 0 Å². The van der Waals surface area contributed by atoms with Crippen molar-refractivity contribution in [2.45, 2.75) is 13.8 Å². The minimum Gasteiger partial charge on any atom is -0.462 e. The molecule has 0 aliphatic heterocycles. The van der Waals surface area contributed by atoms with E-state index in [0.717, 1.165) is 15.2 Å². The highest BCUT2D eigenvalue weighted by atomic mass is 32.1. The second-order valence-corrected chi connectivity index (χ2v) is 4.37. The molecule has 0 fully saturated rings. The second-order valence-electron chi connectivity index (χ2n) is 3.14. The standard InChI is InChI=1S/C11H11NO2S/c1-3-14-11(13)8-4-5-10-9(6-8)12-7(2)15-10/h4-6H,3H2,1-2H3. The van der Waals surface area contributed by atoms with Gasteiger partial charge >= 0.3 is 5.97 Å². The van der Waals surface area contributed by atoms with E-state index in [1.54, 1.807) is 30.4 Å². The lowest BCUT2D eigenvalue weighted by molar-refractivity contribution is 0.0526. The molecule has 0 saturated heterocycles. The first-order valence-corrected chi connectivity index (χ1v) is 5.56. The molecular formula is C11H11NO2S. The van der Waals surface area contributed by atoms with E-state index in [1.807, 2.05) is 13.0 Å².